The number of ether oxygens (including phenoxy) is 1. The molecule has 1 atom stereocenters. The van der Waals surface area contributed by atoms with E-state index in [1.54, 1.807) is 4.90 Å². The Bertz CT molecular complexity index is 659. The van der Waals surface area contributed by atoms with Crippen molar-refractivity contribution in [2.45, 2.75) is 46.1 Å². The number of benzene rings is 1. The number of nitrogens with zero attached hydrogens (tertiary/aromatic N) is 2. The fourth-order valence-electron chi connectivity index (χ4n) is 3.62. The molecule has 0 radical (unpaired) electrons. The molecule has 1 aliphatic carbocycles. The van der Waals surface area contributed by atoms with Crippen molar-refractivity contribution in [1.29, 1.82) is 0 Å². The Morgan fingerprint density at radius 2 is 1.70 bits per heavy atom. The predicted octanol–water partition coefficient (Wildman–Crippen LogP) is 2.72. The van der Waals surface area contributed by atoms with Gasteiger partial charge in [-0.15, -0.1) is 0 Å². The van der Waals surface area contributed by atoms with Gasteiger partial charge in [0, 0.05) is 32.1 Å². The van der Waals surface area contributed by atoms with E-state index in [0.29, 0.717) is 32.8 Å². The Hall–Kier alpha value is -2.24. The van der Waals surface area contributed by atoms with Gasteiger partial charge in [0.05, 0.1) is 6.04 Å². The van der Waals surface area contributed by atoms with Gasteiger partial charge in [-0.05, 0) is 44.7 Å². The first-order valence-electron chi connectivity index (χ1n) is 9.99. The summed E-state index contributed by atoms with van der Waals surface area (Å²) in [6.07, 6.45) is 3.22. The van der Waals surface area contributed by atoms with E-state index < -0.39 is 0 Å². The van der Waals surface area contributed by atoms with Gasteiger partial charge < -0.3 is 19.9 Å². The zero-order valence-corrected chi connectivity index (χ0v) is 16.7. The first-order chi connectivity index (χ1) is 13.0. The van der Waals surface area contributed by atoms with Crippen LogP contribution in [0.2, 0.25) is 0 Å². The van der Waals surface area contributed by atoms with Gasteiger partial charge in [-0.2, -0.15) is 0 Å². The van der Waals surface area contributed by atoms with Crippen LogP contribution < -0.4 is 10.1 Å². The molecular weight excluding hydrogens is 342 g/mol. The fraction of sp³-hybridized carbons (Fsp3) is 0.619. The summed E-state index contributed by atoms with van der Waals surface area (Å²) in [5.74, 6) is 1.39. The van der Waals surface area contributed by atoms with Crippen molar-refractivity contribution in [3.05, 3.63) is 29.3 Å². The van der Waals surface area contributed by atoms with Gasteiger partial charge in [0.1, 0.15) is 12.4 Å². The molecule has 148 valence electrons. The lowest BCUT2D eigenvalue weighted by Crippen LogP contribution is -2.56. The third kappa shape index (κ3) is 4.73. The molecule has 1 saturated carbocycles. The fourth-order valence-corrected chi connectivity index (χ4v) is 3.62. The molecule has 0 bridgehead atoms. The Labute approximate surface area is 161 Å². The Kier molecular flexibility index (Phi) is 6.24. The van der Waals surface area contributed by atoms with Crippen LogP contribution in [0.3, 0.4) is 0 Å². The van der Waals surface area contributed by atoms with Crippen molar-refractivity contribution in [3.8, 4) is 5.75 Å². The van der Waals surface area contributed by atoms with Gasteiger partial charge in [-0.1, -0.05) is 24.6 Å². The molecule has 3 rings (SSSR count). The first kappa shape index (κ1) is 19.5. The maximum atomic E-state index is 12.5. The summed E-state index contributed by atoms with van der Waals surface area (Å²) in [5.41, 5.74) is 2.20. The molecule has 3 amide bonds. The Morgan fingerprint density at radius 3 is 2.26 bits per heavy atom. The number of hydrogen-bond donors (Lipinski definition) is 1. The van der Waals surface area contributed by atoms with Crippen LogP contribution in [0, 0.1) is 19.8 Å². The van der Waals surface area contributed by atoms with E-state index in [-0.39, 0.29) is 23.9 Å². The zero-order chi connectivity index (χ0) is 19.4. The van der Waals surface area contributed by atoms with E-state index in [2.05, 4.69) is 5.32 Å². The topological polar surface area (TPSA) is 61.9 Å². The summed E-state index contributed by atoms with van der Waals surface area (Å²) in [7, 11) is 0. The second kappa shape index (κ2) is 8.63. The number of para-hydroxylation sites is 1. The van der Waals surface area contributed by atoms with Gasteiger partial charge in [0.15, 0.2) is 0 Å². The van der Waals surface area contributed by atoms with Crippen LogP contribution in [-0.4, -0.2) is 60.6 Å². The summed E-state index contributed by atoms with van der Waals surface area (Å²) in [6.45, 7) is 8.88. The van der Waals surface area contributed by atoms with Crippen LogP contribution in [0.4, 0.5) is 4.79 Å². The molecule has 0 unspecified atom stereocenters. The summed E-state index contributed by atoms with van der Waals surface area (Å²) in [4.78, 5) is 28.5. The molecule has 1 saturated heterocycles. The lowest BCUT2D eigenvalue weighted by atomic mass is 9.84. The van der Waals surface area contributed by atoms with Crippen molar-refractivity contribution in [3.63, 3.8) is 0 Å². The van der Waals surface area contributed by atoms with E-state index in [0.717, 1.165) is 29.7 Å². The number of urea groups is 1. The molecule has 2 fully saturated rings. The molecule has 1 aromatic rings. The highest BCUT2D eigenvalue weighted by Gasteiger charge is 2.32. The van der Waals surface area contributed by atoms with E-state index in [9.17, 15) is 9.59 Å². The van der Waals surface area contributed by atoms with Gasteiger partial charge in [-0.3, -0.25) is 4.79 Å². The number of amides is 3. The number of piperazine rings is 1. The second-order valence-corrected chi connectivity index (χ2v) is 7.82. The van der Waals surface area contributed by atoms with Gasteiger partial charge >= 0.3 is 6.03 Å². The molecule has 27 heavy (non-hydrogen) atoms. The zero-order valence-electron chi connectivity index (χ0n) is 16.7. The number of nitrogens with one attached hydrogen (secondary N) is 1. The molecule has 1 N–H and O–H groups in total. The number of carbonyl (C=O) groups is 2. The van der Waals surface area contributed by atoms with Gasteiger partial charge in [0.25, 0.3) is 0 Å². The molecule has 2 aliphatic rings. The standard InChI is InChI=1S/C21H31N3O3/c1-15-6-4-7-16(2)19(15)27-14-17(3)22-21(26)24-12-10-23(11-13-24)20(25)18-8-5-9-18/h4,6-7,17-18H,5,8-14H2,1-3H3,(H,22,26)/t17-/m1/s1. The van der Waals surface area contributed by atoms with Crippen LogP contribution in [0.5, 0.6) is 5.75 Å². The van der Waals surface area contributed by atoms with Crippen molar-refractivity contribution >= 4 is 11.9 Å². The minimum Gasteiger partial charge on any atom is -0.491 e. The highest BCUT2D eigenvalue weighted by Crippen LogP contribution is 2.28. The summed E-state index contributed by atoms with van der Waals surface area (Å²) >= 11 is 0. The van der Waals surface area contributed by atoms with Crippen LogP contribution in [0.1, 0.15) is 37.3 Å². The molecule has 0 aromatic heterocycles. The van der Waals surface area contributed by atoms with E-state index in [4.69, 9.17) is 4.74 Å². The van der Waals surface area contributed by atoms with E-state index >= 15 is 0 Å². The Balaban J connectivity index is 1.41. The quantitative estimate of drug-likeness (QED) is 0.863. The minimum atomic E-state index is -0.0915. The summed E-state index contributed by atoms with van der Waals surface area (Å²) < 4.78 is 5.93. The highest BCUT2D eigenvalue weighted by atomic mass is 16.5. The number of carbonyl (C=O) groups excluding carboxylic acids is 2. The lowest BCUT2D eigenvalue weighted by Gasteiger charge is -2.38. The molecule has 6 heteroatoms. The summed E-state index contributed by atoms with van der Waals surface area (Å²) in [5, 5.41) is 3.01. The SMILES string of the molecule is Cc1cccc(C)c1OC[C@@H](C)NC(=O)N1CCN(C(=O)C2CCC2)CC1. The molecule has 1 heterocycles. The average Bonchev–Trinajstić information content (AvgIpc) is 2.60. The number of hydrogen-bond acceptors (Lipinski definition) is 3. The lowest BCUT2D eigenvalue weighted by molar-refractivity contribution is -0.139. The van der Waals surface area contributed by atoms with E-state index in [1.165, 1.54) is 6.42 Å². The molecule has 1 aliphatic heterocycles. The van der Waals surface area contributed by atoms with Gasteiger partial charge in [0.2, 0.25) is 5.91 Å². The number of aryl methyl sites for hydroxylation is 2. The third-order valence-corrected chi connectivity index (χ3v) is 5.59. The van der Waals surface area contributed by atoms with Crippen molar-refractivity contribution in [2.24, 2.45) is 5.92 Å². The van der Waals surface area contributed by atoms with Gasteiger partial charge in [-0.25, -0.2) is 4.79 Å². The van der Waals surface area contributed by atoms with Crippen molar-refractivity contribution in [1.82, 2.24) is 15.1 Å². The van der Waals surface area contributed by atoms with E-state index in [1.807, 2.05) is 43.9 Å². The smallest absolute Gasteiger partial charge is 0.317 e. The maximum absolute atomic E-state index is 12.5. The maximum Gasteiger partial charge on any atom is 0.317 e. The molecule has 6 nitrogen and oxygen atoms in total. The predicted molar refractivity (Wildman–Crippen MR) is 105 cm³/mol. The molecular formula is C21H31N3O3. The van der Waals surface area contributed by atoms with Crippen LogP contribution >= 0.6 is 0 Å². The largest absolute Gasteiger partial charge is 0.491 e. The van der Waals surface area contributed by atoms with Crippen molar-refractivity contribution < 1.29 is 14.3 Å². The first-order valence-corrected chi connectivity index (χ1v) is 9.99. The second-order valence-electron chi connectivity index (χ2n) is 7.82. The van der Waals surface area contributed by atoms with Crippen LogP contribution in [-0.2, 0) is 4.79 Å². The minimum absolute atomic E-state index is 0.0802. The Morgan fingerprint density at radius 1 is 1.11 bits per heavy atom. The number of rotatable bonds is 5. The normalized spacial score (nSPS) is 18.6. The molecule has 1 aromatic carbocycles. The third-order valence-electron chi connectivity index (χ3n) is 5.59. The average molecular weight is 373 g/mol. The van der Waals surface area contributed by atoms with Crippen molar-refractivity contribution in [2.75, 3.05) is 32.8 Å². The highest BCUT2D eigenvalue weighted by molar-refractivity contribution is 5.80. The monoisotopic (exact) mass is 373 g/mol. The summed E-state index contributed by atoms with van der Waals surface area (Å²) in [6, 6.07) is 5.89. The van der Waals surface area contributed by atoms with Crippen LogP contribution in [0.25, 0.3) is 0 Å². The van der Waals surface area contributed by atoms with Crippen LogP contribution in [0.15, 0.2) is 18.2 Å². The molecule has 0 spiro atoms.